The number of imide groups is 2. The number of hydrogen-bond donors (Lipinski definition) is 2. The van der Waals surface area contributed by atoms with Crippen LogP contribution in [0.4, 0.5) is 11.4 Å². The molecule has 4 aromatic rings. The first kappa shape index (κ1) is 31.8. The lowest BCUT2D eigenvalue weighted by Crippen LogP contribution is -2.53. The molecule has 4 aliphatic rings. The van der Waals surface area contributed by atoms with Crippen molar-refractivity contribution in [3.05, 3.63) is 130 Å². The molecule has 6 atom stereocenters. The van der Waals surface area contributed by atoms with E-state index in [4.69, 9.17) is 16.3 Å². The van der Waals surface area contributed by atoms with Gasteiger partial charge in [0, 0.05) is 22.6 Å². The molecule has 2 saturated heterocycles. The van der Waals surface area contributed by atoms with Gasteiger partial charge in [-0.1, -0.05) is 77.3 Å². The quantitative estimate of drug-likeness (QED) is 0.174. The van der Waals surface area contributed by atoms with Crippen LogP contribution in [0.3, 0.4) is 0 Å². The molecule has 1 saturated carbocycles. The largest absolute Gasteiger partial charge is 0.508 e. The topological polar surface area (TPSA) is 116 Å². The summed E-state index contributed by atoms with van der Waals surface area (Å²) in [6.45, 7) is 1.95. The van der Waals surface area contributed by atoms with E-state index in [1.54, 1.807) is 48.5 Å². The molecule has 2 aliphatic carbocycles. The van der Waals surface area contributed by atoms with Crippen LogP contribution < -0.4 is 15.1 Å². The number of hydrogen-bond acceptors (Lipinski definition) is 7. The average Bonchev–Trinajstić information content (AvgIpc) is 3.51. The van der Waals surface area contributed by atoms with Crippen molar-refractivity contribution in [1.29, 1.82) is 0 Å². The molecule has 0 spiro atoms. The minimum absolute atomic E-state index is 0.103. The fourth-order valence-electron chi connectivity index (χ4n) is 8.83. The van der Waals surface area contributed by atoms with Gasteiger partial charge in [0.05, 0.1) is 41.7 Å². The fourth-order valence-corrected chi connectivity index (χ4v) is 8.96. The minimum Gasteiger partial charge on any atom is -0.508 e. The van der Waals surface area contributed by atoms with Gasteiger partial charge in [0.25, 0.3) is 11.8 Å². The smallest absolute Gasteiger partial charge is 0.260 e. The summed E-state index contributed by atoms with van der Waals surface area (Å²) < 4.78 is 5.40. The zero-order chi connectivity index (χ0) is 34.9. The first-order valence-electron chi connectivity index (χ1n) is 16.6. The number of carbonyl (C=O) groups is 4. The van der Waals surface area contributed by atoms with Crippen molar-refractivity contribution in [1.82, 2.24) is 5.01 Å². The van der Waals surface area contributed by atoms with Gasteiger partial charge in [0.2, 0.25) is 11.8 Å². The Morgan fingerprint density at radius 3 is 2.26 bits per heavy atom. The number of carbonyl (C=O) groups excluding carboxylic acids is 4. The third-order valence-electron chi connectivity index (χ3n) is 11.0. The molecule has 0 bridgehead atoms. The van der Waals surface area contributed by atoms with Gasteiger partial charge in [0.1, 0.15) is 11.5 Å². The summed E-state index contributed by atoms with van der Waals surface area (Å²) in [5.41, 5.74) is 5.42. The predicted octanol–water partition coefficient (Wildman–Crippen LogP) is 6.55. The summed E-state index contributed by atoms with van der Waals surface area (Å²) in [7, 11) is 1.50. The number of phenols is 1. The van der Waals surface area contributed by atoms with Crippen LogP contribution in [-0.4, -0.2) is 40.9 Å². The third-order valence-corrected chi connectivity index (χ3v) is 11.3. The summed E-state index contributed by atoms with van der Waals surface area (Å²) >= 11 is 6.13. The molecule has 2 N–H and O–H groups in total. The highest BCUT2D eigenvalue weighted by atomic mass is 35.5. The molecule has 4 aromatic carbocycles. The second kappa shape index (κ2) is 11.9. The number of nitrogens with zero attached hydrogens (tertiary/aromatic N) is 2. The molecule has 252 valence electrons. The number of allylic oxidation sites excluding steroid dienone is 2. The highest BCUT2D eigenvalue weighted by Gasteiger charge is 2.70. The first-order chi connectivity index (χ1) is 24.1. The molecule has 4 amide bonds. The SMILES string of the molecule is COc1ccc([C@H]2C3=CC[C@@H]4C(=O)N(c5ccc(Cl)cc5)C(=O)[C@@H]4[C@@H]3C[C@H]3C(=O)N(Nc4ccc(C)cc4)C(=O)[C@@]23c2ccccc2)c(O)c1. The number of fused-ring (bicyclic) bond motifs is 4. The standard InChI is InChI=1S/C40H34ClN3O6/c1-22-8-12-25(13-9-22)42-44-37(47)32-21-31-28(18-19-30-34(31)38(48)43(36(30)46)26-14-10-24(41)11-15-26)35(29-17-16-27(50-2)20-33(29)45)40(32,39(44)49)23-6-4-3-5-7-23/h3-18,20,30-32,34-35,42,45H,19,21H2,1-2H3/t30-,31+,32-,34-,35+,40+/m0/s1. The van der Waals surface area contributed by atoms with Crippen LogP contribution >= 0.6 is 11.6 Å². The van der Waals surface area contributed by atoms with E-state index in [0.29, 0.717) is 33.3 Å². The van der Waals surface area contributed by atoms with E-state index in [0.717, 1.165) is 16.1 Å². The van der Waals surface area contributed by atoms with E-state index in [9.17, 15) is 19.5 Å². The van der Waals surface area contributed by atoms with E-state index in [1.807, 2.05) is 55.5 Å². The summed E-state index contributed by atoms with van der Waals surface area (Å²) in [4.78, 5) is 59.6. The number of amides is 4. The number of anilines is 2. The molecule has 0 radical (unpaired) electrons. The predicted molar refractivity (Wildman–Crippen MR) is 187 cm³/mol. The highest BCUT2D eigenvalue weighted by Crippen LogP contribution is 2.65. The zero-order valence-electron chi connectivity index (χ0n) is 27.4. The Balaban J connectivity index is 1.32. The van der Waals surface area contributed by atoms with Crippen molar-refractivity contribution in [2.24, 2.45) is 23.7 Å². The summed E-state index contributed by atoms with van der Waals surface area (Å²) in [5, 5.41) is 13.2. The van der Waals surface area contributed by atoms with E-state index in [2.05, 4.69) is 5.43 Å². The van der Waals surface area contributed by atoms with Crippen LogP contribution in [0.25, 0.3) is 0 Å². The Morgan fingerprint density at radius 2 is 1.58 bits per heavy atom. The van der Waals surface area contributed by atoms with Crippen molar-refractivity contribution < 1.29 is 29.0 Å². The van der Waals surface area contributed by atoms with Crippen molar-refractivity contribution in [3.63, 3.8) is 0 Å². The highest BCUT2D eigenvalue weighted by molar-refractivity contribution is 6.31. The lowest BCUT2D eigenvalue weighted by Gasteiger charge is -2.50. The Bertz CT molecular complexity index is 2080. The van der Waals surface area contributed by atoms with Gasteiger partial charge < -0.3 is 9.84 Å². The fraction of sp³-hybridized carbons (Fsp3) is 0.250. The van der Waals surface area contributed by atoms with Crippen LogP contribution in [0, 0.1) is 30.6 Å². The number of ether oxygens (including phenoxy) is 1. The number of benzene rings is 4. The van der Waals surface area contributed by atoms with E-state index in [-0.39, 0.29) is 30.4 Å². The van der Waals surface area contributed by atoms with Crippen LogP contribution in [0.15, 0.2) is 109 Å². The van der Waals surface area contributed by atoms with Crippen LogP contribution in [0.1, 0.15) is 35.4 Å². The van der Waals surface area contributed by atoms with Crippen molar-refractivity contribution in [2.45, 2.75) is 31.1 Å². The molecule has 10 heteroatoms. The second-order valence-corrected chi connectivity index (χ2v) is 13.9. The van der Waals surface area contributed by atoms with Crippen LogP contribution in [0.5, 0.6) is 11.5 Å². The van der Waals surface area contributed by atoms with Gasteiger partial charge in [-0.05, 0) is 73.7 Å². The molecule has 2 heterocycles. The first-order valence-corrected chi connectivity index (χ1v) is 17.0. The maximum Gasteiger partial charge on any atom is 0.260 e. The number of rotatable bonds is 6. The van der Waals surface area contributed by atoms with E-state index < -0.39 is 46.8 Å². The van der Waals surface area contributed by atoms with Crippen molar-refractivity contribution >= 4 is 46.6 Å². The second-order valence-electron chi connectivity index (χ2n) is 13.5. The number of nitrogens with one attached hydrogen (secondary N) is 1. The number of aryl methyl sites for hydroxylation is 1. The maximum absolute atomic E-state index is 15.2. The summed E-state index contributed by atoms with van der Waals surface area (Å²) in [5.74, 6) is -5.00. The number of methoxy groups -OCH3 is 1. The van der Waals surface area contributed by atoms with Gasteiger partial charge >= 0.3 is 0 Å². The average molecular weight is 688 g/mol. The normalized spacial score (nSPS) is 27.1. The lowest BCUT2D eigenvalue weighted by molar-refractivity contribution is -0.138. The van der Waals surface area contributed by atoms with Crippen molar-refractivity contribution in [2.75, 3.05) is 17.4 Å². The molecule has 3 fully saturated rings. The van der Waals surface area contributed by atoms with Gasteiger partial charge in [-0.3, -0.25) is 29.5 Å². The summed E-state index contributed by atoms with van der Waals surface area (Å²) in [6.07, 6.45) is 2.38. The van der Waals surface area contributed by atoms with Gasteiger partial charge in [-0.2, -0.15) is 5.01 Å². The molecular formula is C40H34ClN3O6. The number of aromatic hydroxyl groups is 1. The maximum atomic E-state index is 15.2. The Kier molecular flexibility index (Phi) is 7.56. The Labute approximate surface area is 294 Å². The minimum atomic E-state index is -1.49. The molecule has 8 rings (SSSR count). The van der Waals surface area contributed by atoms with Gasteiger partial charge in [-0.25, -0.2) is 0 Å². The number of hydrazine groups is 1. The monoisotopic (exact) mass is 687 g/mol. The number of phenolic OH excluding ortho intramolecular Hbond substituents is 1. The molecule has 2 aliphatic heterocycles. The van der Waals surface area contributed by atoms with Crippen molar-refractivity contribution in [3.8, 4) is 11.5 Å². The molecule has 0 aromatic heterocycles. The van der Waals surface area contributed by atoms with Gasteiger partial charge in [0.15, 0.2) is 0 Å². The third kappa shape index (κ3) is 4.60. The molecule has 0 unspecified atom stereocenters. The Morgan fingerprint density at radius 1 is 0.860 bits per heavy atom. The lowest BCUT2D eigenvalue weighted by atomic mass is 9.49. The molecular weight excluding hydrogens is 654 g/mol. The molecule has 9 nitrogen and oxygen atoms in total. The molecule has 50 heavy (non-hydrogen) atoms. The Hall–Kier alpha value is -5.41. The van der Waals surface area contributed by atoms with E-state index in [1.165, 1.54) is 18.1 Å². The zero-order valence-corrected chi connectivity index (χ0v) is 28.1. The van der Waals surface area contributed by atoms with Gasteiger partial charge in [-0.15, -0.1) is 0 Å². The summed E-state index contributed by atoms with van der Waals surface area (Å²) in [6, 6.07) is 28.1. The van der Waals surface area contributed by atoms with Crippen LogP contribution in [-0.2, 0) is 24.6 Å². The number of halogens is 1. The van der Waals surface area contributed by atoms with E-state index >= 15 is 4.79 Å². The van der Waals surface area contributed by atoms with Crippen LogP contribution in [0.2, 0.25) is 5.02 Å².